The molecule has 0 spiro atoms. The molecule has 10 heavy (non-hydrogen) atoms. The first kappa shape index (κ1) is 6.95. The molecule has 0 atom stereocenters. The van der Waals surface area contributed by atoms with Crippen LogP contribution in [-0.4, -0.2) is 9.91 Å². The second kappa shape index (κ2) is 2.62. The van der Waals surface area contributed by atoms with E-state index in [4.69, 9.17) is 11.6 Å². The van der Waals surface area contributed by atoms with Crippen LogP contribution in [-0.2, 0) is 0 Å². The fourth-order valence-corrected chi connectivity index (χ4v) is 0.606. The summed E-state index contributed by atoms with van der Waals surface area (Å²) in [4.78, 5) is 12.8. The van der Waals surface area contributed by atoms with Gasteiger partial charge in [-0.3, -0.25) is 10.1 Å². The van der Waals surface area contributed by atoms with Crippen LogP contribution in [0.25, 0.3) is 0 Å². The third-order valence-corrected chi connectivity index (χ3v) is 1.04. The summed E-state index contributed by atoms with van der Waals surface area (Å²) in [6, 6.07) is 1.19. The minimum atomic E-state index is -0.598. The Balaban J connectivity index is 3.07. The SMILES string of the molecule is O=[N+]([O-])c1[c]ncc(Cl)c1. The van der Waals surface area contributed by atoms with E-state index in [1.807, 2.05) is 0 Å². The molecule has 4 nitrogen and oxygen atoms in total. The molecule has 0 aromatic carbocycles. The van der Waals surface area contributed by atoms with Gasteiger partial charge in [0.2, 0.25) is 0 Å². The van der Waals surface area contributed by atoms with Gasteiger partial charge in [-0.05, 0) is 0 Å². The second-order valence-corrected chi connectivity index (χ2v) is 1.98. The zero-order valence-corrected chi connectivity index (χ0v) is 5.50. The lowest BCUT2D eigenvalue weighted by Crippen LogP contribution is -1.88. The average molecular weight is 158 g/mol. The highest BCUT2D eigenvalue weighted by molar-refractivity contribution is 6.30. The maximum absolute atomic E-state index is 10.0. The molecule has 0 bridgehead atoms. The van der Waals surface area contributed by atoms with Gasteiger partial charge in [0.15, 0.2) is 6.20 Å². The van der Waals surface area contributed by atoms with Crippen LogP contribution in [0.3, 0.4) is 0 Å². The number of halogens is 1. The van der Waals surface area contributed by atoms with Crippen molar-refractivity contribution in [2.75, 3.05) is 0 Å². The number of hydrogen-bond acceptors (Lipinski definition) is 3. The molecule has 0 aliphatic heterocycles. The Hall–Kier alpha value is -1.16. The van der Waals surface area contributed by atoms with Crippen LogP contribution in [0, 0.1) is 16.3 Å². The predicted molar refractivity (Wildman–Crippen MR) is 34.7 cm³/mol. The molecule has 1 aromatic heterocycles. The maximum atomic E-state index is 10.0. The second-order valence-electron chi connectivity index (χ2n) is 1.54. The van der Waals surface area contributed by atoms with Crippen molar-refractivity contribution >= 4 is 17.3 Å². The molecule has 1 rings (SSSR count). The summed E-state index contributed by atoms with van der Waals surface area (Å²) < 4.78 is 0. The predicted octanol–water partition coefficient (Wildman–Crippen LogP) is 1.44. The van der Waals surface area contributed by atoms with Crippen LogP contribution >= 0.6 is 11.6 Å². The summed E-state index contributed by atoms with van der Waals surface area (Å²) in [5, 5.41) is 10.3. The average Bonchev–Trinajstić information content (AvgIpc) is 1.88. The minimum Gasteiger partial charge on any atom is -0.258 e. The number of rotatable bonds is 1. The van der Waals surface area contributed by atoms with E-state index in [-0.39, 0.29) is 10.7 Å². The van der Waals surface area contributed by atoms with Gasteiger partial charge in [0.25, 0.3) is 5.69 Å². The van der Waals surface area contributed by atoms with Crippen molar-refractivity contribution in [2.24, 2.45) is 0 Å². The van der Waals surface area contributed by atoms with Crippen molar-refractivity contribution < 1.29 is 4.92 Å². The van der Waals surface area contributed by atoms with Gasteiger partial charge >= 0.3 is 0 Å². The van der Waals surface area contributed by atoms with E-state index in [1.54, 1.807) is 0 Å². The highest BCUT2D eigenvalue weighted by Crippen LogP contribution is 2.13. The Morgan fingerprint density at radius 2 is 2.50 bits per heavy atom. The molecule has 1 aromatic rings. The Bertz CT molecular complexity index is 264. The molecule has 0 saturated heterocycles. The quantitative estimate of drug-likeness (QED) is 0.458. The first-order chi connectivity index (χ1) is 4.70. The molecule has 0 N–H and O–H groups in total. The van der Waals surface area contributed by atoms with E-state index in [2.05, 4.69) is 11.2 Å². The van der Waals surface area contributed by atoms with Crippen LogP contribution in [0.15, 0.2) is 12.3 Å². The van der Waals surface area contributed by atoms with Crippen LogP contribution in [0.4, 0.5) is 5.69 Å². The van der Waals surface area contributed by atoms with Gasteiger partial charge in [0.1, 0.15) is 0 Å². The normalized spacial score (nSPS) is 9.30. The Kier molecular flexibility index (Phi) is 1.82. The Labute approximate surface area is 61.6 Å². The minimum absolute atomic E-state index is 0.215. The van der Waals surface area contributed by atoms with Gasteiger partial charge in [0.05, 0.1) is 9.95 Å². The van der Waals surface area contributed by atoms with Crippen molar-refractivity contribution in [3.63, 3.8) is 0 Å². The molecular weight excluding hydrogens is 156 g/mol. The molecule has 0 aliphatic carbocycles. The third-order valence-electron chi connectivity index (χ3n) is 0.838. The van der Waals surface area contributed by atoms with Crippen molar-refractivity contribution in [2.45, 2.75) is 0 Å². The molecular formula is C5H2ClN2O2. The fraction of sp³-hybridized carbons (Fsp3) is 0. The molecule has 0 saturated carbocycles. The molecule has 0 unspecified atom stereocenters. The summed E-state index contributed by atoms with van der Waals surface area (Å²) in [5.41, 5.74) is -0.215. The lowest BCUT2D eigenvalue weighted by atomic mass is 10.4. The summed E-state index contributed by atoms with van der Waals surface area (Å²) in [5.74, 6) is 0. The Morgan fingerprint density at radius 3 is 2.90 bits per heavy atom. The van der Waals surface area contributed by atoms with Crippen LogP contribution in [0.5, 0.6) is 0 Å². The van der Waals surface area contributed by atoms with Gasteiger partial charge in [-0.15, -0.1) is 0 Å². The zero-order chi connectivity index (χ0) is 7.56. The number of hydrogen-bond donors (Lipinski definition) is 0. The van der Waals surface area contributed by atoms with Crippen LogP contribution < -0.4 is 0 Å². The smallest absolute Gasteiger partial charge is 0.258 e. The topological polar surface area (TPSA) is 56.0 Å². The van der Waals surface area contributed by atoms with E-state index in [0.29, 0.717) is 0 Å². The lowest BCUT2D eigenvalue weighted by Gasteiger charge is -1.87. The fourth-order valence-electron chi connectivity index (χ4n) is 0.454. The number of nitrogens with zero attached hydrogens (tertiary/aromatic N) is 2. The van der Waals surface area contributed by atoms with Crippen LogP contribution in [0.1, 0.15) is 0 Å². The number of nitro groups is 1. The maximum Gasteiger partial charge on any atom is 0.298 e. The molecule has 1 heterocycles. The summed E-state index contributed by atoms with van der Waals surface area (Å²) in [6.07, 6.45) is 3.46. The number of pyridine rings is 1. The zero-order valence-electron chi connectivity index (χ0n) is 4.74. The summed E-state index contributed by atoms with van der Waals surface area (Å²) >= 11 is 5.40. The molecule has 0 fully saturated rings. The van der Waals surface area contributed by atoms with Gasteiger partial charge in [0, 0.05) is 12.3 Å². The standard InChI is InChI=1S/C5H2ClN2O2/c6-4-1-5(8(9)10)3-7-2-4/h1-2H. The van der Waals surface area contributed by atoms with E-state index in [1.165, 1.54) is 12.3 Å². The van der Waals surface area contributed by atoms with E-state index in [0.717, 1.165) is 0 Å². The van der Waals surface area contributed by atoms with Crippen LogP contribution in [0.2, 0.25) is 5.02 Å². The monoisotopic (exact) mass is 157 g/mol. The van der Waals surface area contributed by atoms with Crippen molar-refractivity contribution in [3.8, 4) is 0 Å². The van der Waals surface area contributed by atoms with Gasteiger partial charge in [-0.1, -0.05) is 11.6 Å². The van der Waals surface area contributed by atoms with E-state index < -0.39 is 4.92 Å². The molecule has 0 amide bonds. The van der Waals surface area contributed by atoms with Gasteiger partial charge < -0.3 is 0 Å². The van der Waals surface area contributed by atoms with Gasteiger partial charge in [-0.2, -0.15) is 0 Å². The first-order valence-corrected chi connectivity index (χ1v) is 2.75. The van der Waals surface area contributed by atoms with Crippen molar-refractivity contribution in [3.05, 3.63) is 33.6 Å². The van der Waals surface area contributed by atoms with E-state index >= 15 is 0 Å². The van der Waals surface area contributed by atoms with Crippen molar-refractivity contribution in [1.29, 1.82) is 0 Å². The molecule has 5 heteroatoms. The summed E-state index contributed by atoms with van der Waals surface area (Å²) in [6.45, 7) is 0. The van der Waals surface area contributed by atoms with E-state index in [9.17, 15) is 10.1 Å². The first-order valence-electron chi connectivity index (χ1n) is 2.38. The highest BCUT2D eigenvalue weighted by atomic mass is 35.5. The molecule has 51 valence electrons. The molecule has 0 aliphatic rings. The summed E-state index contributed by atoms with van der Waals surface area (Å²) in [7, 11) is 0. The lowest BCUT2D eigenvalue weighted by molar-refractivity contribution is -0.385. The van der Waals surface area contributed by atoms with Gasteiger partial charge in [-0.25, -0.2) is 4.98 Å². The molecule has 1 radical (unpaired) electrons. The highest BCUT2D eigenvalue weighted by Gasteiger charge is 2.05. The van der Waals surface area contributed by atoms with Crippen molar-refractivity contribution in [1.82, 2.24) is 4.98 Å². The third kappa shape index (κ3) is 1.41. The largest absolute Gasteiger partial charge is 0.298 e. The number of aromatic nitrogens is 1. The Morgan fingerprint density at radius 1 is 1.80 bits per heavy atom.